The molecule has 1 aliphatic carbocycles. The Labute approximate surface area is 123 Å². The maximum atomic E-state index is 10.2. The molecule has 3 unspecified atom stereocenters. The second-order valence-electron chi connectivity index (χ2n) is 6.41. The smallest absolute Gasteiger partial charge is 0.0580 e. The Morgan fingerprint density at radius 2 is 1.95 bits per heavy atom. The van der Waals surface area contributed by atoms with Crippen molar-refractivity contribution in [2.45, 2.75) is 45.1 Å². The summed E-state index contributed by atoms with van der Waals surface area (Å²) in [6.07, 6.45) is 5.68. The topological polar surface area (TPSA) is 23.5 Å². The highest BCUT2D eigenvalue weighted by molar-refractivity contribution is 5.14. The number of nitrogens with zero attached hydrogens (tertiary/aromatic N) is 1. The second-order valence-corrected chi connectivity index (χ2v) is 6.41. The van der Waals surface area contributed by atoms with Gasteiger partial charge in [-0.25, -0.2) is 0 Å². The third kappa shape index (κ3) is 4.60. The Kier molecular flexibility index (Phi) is 6.06. The van der Waals surface area contributed by atoms with Crippen LogP contribution < -0.4 is 0 Å². The fourth-order valence-electron chi connectivity index (χ4n) is 3.37. The van der Waals surface area contributed by atoms with Gasteiger partial charge in [0.2, 0.25) is 0 Å². The number of hydrogen-bond acceptors (Lipinski definition) is 2. The third-order valence-electron chi connectivity index (χ3n) is 4.80. The molecule has 0 bridgehead atoms. The van der Waals surface area contributed by atoms with E-state index in [1.807, 2.05) is 0 Å². The predicted octanol–water partition coefficient (Wildman–Crippen LogP) is 3.35. The zero-order valence-electron chi connectivity index (χ0n) is 13.0. The first-order chi connectivity index (χ1) is 9.69. The van der Waals surface area contributed by atoms with Crippen LogP contribution in [0.3, 0.4) is 0 Å². The van der Waals surface area contributed by atoms with Crippen molar-refractivity contribution in [1.82, 2.24) is 4.90 Å². The van der Waals surface area contributed by atoms with Gasteiger partial charge in [-0.05, 0) is 50.1 Å². The van der Waals surface area contributed by atoms with E-state index in [-0.39, 0.29) is 6.10 Å². The van der Waals surface area contributed by atoms with Crippen LogP contribution in [0.1, 0.15) is 38.2 Å². The van der Waals surface area contributed by atoms with Gasteiger partial charge in [0.25, 0.3) is 0 Å². The van der Waals surface area contributed by atoms with Gasteiger partial charge in [0, 0.05) is 13.1 Å². The lowest BCUT2D eigenvalue weighted by Gasteiger charge is -2.35. The van der Waals surface area contributed by atoms with Crippen LogP contribution in [-0.2, 0) is 6.42 Å². The number of benzene rings is 1. The van der Waals surface area contributed by atoms with Gasteiger partial charge >= 0.3 is 0 Å². The van der Waals surface area contributed by atoms with E-state index in [0.29, 0.717) is 5.92 Å². The average molecular weight is 275 g/mol. The maximum Gasteiger partial charge on any atom is 0.0580 e. The minimum absolute atomic E-state index is 0.0861. The lowest BCUT2D eigenvalue weighted by Crippen LogP contribution is -2.38. The quantitative estimate of drug-likeness (QED) is 0.860. The Hall–Kier alpha value is -0.860. The molecule has 0 aromatic heterocycles. The Balaban J connectivity index is 1.77. The molecule has 2 heteroatoms. The molecule has 1 aliphatic rings. The van der Waals surface area contributed by atoms with Crippen LogP contribution >= 0.6 is 0 Å². The van der Waals surface area contributed by atoms with Gasteiger partial charge < -0.3 is 10.0 Å². The molecule has 0 aliphatic heterocycles. The van der Waals surface area contributed by atoms with Crippen molar-refractivity contribution >= 4 is 0 Å². The van der Waals surface area contributed by atoms with E-state index in [1.54, 1.807) is 0 Å². The fourth-order valence-corrected chi connectivity index (χ4v) is 3.37. The first-order valence-electron chi connectivity index (χ1n) is 8.09. The minimum atomic E-state index is -0.0861. The van der Waals surface area contributed by atoms with E-state index in [0.717, 1.165) is 31.8 Å². The number of rotatable bonds is 6. The highest BCUT2D eigenvalue weighted by atomic mass is 16.3. The zero-order valence-corrected chi connectivity index (χ0v) is 13.0. The van der Waals surface area contributed by atoms with Crippen molar-refractivity contribution < 1.29 is 5.11 Å². The van der Waals surface area contributed by atoms with Crippen molar-refractivity contribution in [2.24, 2.45) is 11.8 Å². The van der Waals surface area contributed by atoms with Gasteiger partial charge in [-0.3, -0.25) is 0 Å². The maximum absolute atomic E-state index is 10.2. The highest BCUT2D eigenvalue weighted by Crippen LogP contribution is 2.31. The first kappa shape index (κ1) is 15.5. The monoisotopic (exact) mass is 275 g/mol. The second kappa shape index (κ2) is 7.80. The molecule has 112 valence electrons. The van der Waals surface area contributed by atoms with Crippen LogP contribution in [0.2, 0.25) is 0 Å². The van der Waals surface area contributed by atoms with E-state index in [2.05, 4.69) is 49.2 Å². The van der Waals surface area contributed by atoms with Gasteiger partial charge in [-0.1, -0.05) is 43.7 Å². The van der Waals surface area contributed by atoms with Crippen molar-refractivity contribution in [3.63, 3.8) is 0 Å². The Bertz CT molecular complexity index is 378. The summed E-state index contributed by atoms with van der Waals surface area (Å²) in [5, 5.41) is 10.2. The summed E-state index contributed by atoms with van der Waals surface area (Å²) in [6, 6.07) is 10.7. The van der Waals surface area contributed by atoms with E-state index < -0.39 is 0 Å². The Morgan fingerprint density at radius 3 is 2.65 bits per heavy atom. The fraction of sp³-hybridized carbons (Fsp3) is 0.667. The molecule has 20 heavy (non-hydrogen) atoms. The lowest BCUT2D eigenvalue weighted by atomic mass is 9.78. The molecule has 2 nitrogen and oxygen atoms in total. The number of hydrogen-bond donors (Lipinski definition) is 1. The molecule has 1 aromatic carbocycles. The molecule has 1 N–H and O–H groups in total. The average Bonchev–Trinajstić information content (AvgIpc) is 2.48. The summed E-state index contributed by atoms with van der Waals surface area (Å²) < 4.78 is 0. The van der Waals surface area contributed by atoms with E-state index >= 15 is 0 Å². The van der Waals surface area contributed by atoms with E-state index in [4.69, 9.17) is 0 Å². The molecule has 0 heterocycles. The van der Waals surface area contributed by atoms with Crippen molar-refractivity contribution in [1.29, 1.82) is 0 Å². The van der Waals surface area contributed by atoms with Crippen molar-refractivity contribution in [2.75, 3.05) is 20.1 Å². The summed E-state index contributed by atoms with van der Waals surface area (Å²) in [5.41, 5.74) is 1.40. The van der Waals surface area contributed by atoms with Gasteiger partial charge in [0.15, 0.2) is 0 Å². The van der Waals surface area contributed by atoms with E-state index in [1.165, 1.54) is 24.8 Å². The normalized spacial score (nSPS) is 26.9. The van der Waals surface area contributed by atoms with Crippen LogP contribution in [0, 0.1) is 11.8 Å². The number of aliphatic hydroxyl groups excluding tert-OH is 1. The first-order valence-corrected chi connectivity index (χ1v) is 8.09. The molecule has 1 fully saturated rings. The molecule has 3 atom stereocenters. The molecule has 0 saturated heterocycles. The van der Waals surface area contributed by atoms with Crippen LogP contribution in [0.4, 0.5) is 0 Å². The predicted molar refractivity (Wildman–Crippen MR) is 84.8 cm³/mol. The van der Waals surface area contributed by atoms with Crippen molar-refractivity contribution in [3.8, 4) is 0 Å². The van der Waals surface area contributed by atoms with Gasteiger partial charge in [-0.2, -0.15) is 0 Å². The molecule has 2 rings (SSSR count). The summed E-state index contributed by atoms with van der Waals surface area (Å²) in [4.78, 5) is 2.39. The number of likely N-dealkylation sites (N-methyl/N-ethyl adjacent to an activating group) is 1. The molecule has 1 saturated carbocycles. The van der Waals surface area contributed by atoms with Gasteiger partial charge in [0.1, 0.15) is 0 Å². The van der Waals surface area contributed by atoms with Crippen LogP contribution in [0.15, 0.2) is 30.3 Å². The lowest BCUT2D eigenvalue weighted by molar-refractivity contribution is 0.0311. The summed E-state index contributed by atoms with van der Waals surface area (Å²) in [5.74, 6) is 1.29. The summed E-state index contributed by atoms with van der Waals surface area (Å²) in [6.45, 7) is 4.38. The molecular weight excluding hydrogens is 246 g/mol. The molecule has 1 aromatic rings. The number of aliphatic hydroxyl groups is 1. The molecular formula is C18H29NO. The van der Waals surface area contributed by atoms with Gasteiger partial charge in [0.05, 0.1) is 6.10 Å². The zero-order chi connectivity index (χ0) is 14.4. The Morgan fingerprint density at radius 1 is 1.20 bits per heavy atom. The van der Waals surface area contributed by atoms with Gasteiger partial charge in [-0.15, -0.1) is 0 Å². The SMILES string of the molecule is CCC1CCC(O)C(CN(C)CCc2ccccc2)C1. The summed E-state index contributed by atoms with van der Waals surface area (Å²) in [7, 11) is 2.19. The third-order valence-corrected chi connectivity index (χ3v) is 4.80. The van der Waals surface area contributed by atoms with Crippen molar-refractivity contribution in [3.05, 3.63) is 35.9 Å². The standard InChI is InChI=1S/C18H29NO/c1-3-15-9-10-18(20)17(13-15)14-19(2)12-11-16-7-5-4-6-8-16/h4-8,15,17-18,20H,3,9-14H2,1-2H3. The minimum Gasteiger partial charge on any atom is -0.393 e. The molecule has 0 spiro atoms. The van der Waals surface area contributed by atoms with Crippen LogP contribution in [0.5, 0.6) is 0 Å². The molecule has 0 amide bonds. The largest absolute Gasteiger partial charge is 0.393 e. The van der Waals surface area contributed by atoms with Crippen LogP contribution in [0.25, 0.3) is 0 Å². The highest BCUT2D eigenvalue weighted by Gasteiger charge is 2.28. The summed E-state index contributed by atoms with van der Waals surface area (Å²) >= 11 is 0. The van der Waals surface area contributed by atoms with E-state index in [9.17, 15) is 5.11 Å². The molecule has 0 radical (unpaired) electrons. The van der Waals surface area contributed by atoms with Crippen LogP contribution in [-0.4, -0.2) is 36.2 Å².